The molecule has 1 rings (SSSR count). The second-order valence-corrected chi connectivity index (χ2v) is 2.95. The van der Waals surface area contributed by atoms with Gasteiger partial charge in [-0.15, -0.1) is 0 Å². The zero-order valence-electron chi connectivity index (χ0n) is 6.78. The Bertz CT molecular complexity index is 94.7. The van der Waals surface area contributed by atoms with Crippen LogP contribution in [-0.2, 0) is 0 Å². The largest absolute Gasteiger partial charge is 0.295 e. The average molecular weight is 127 g/mol. The average Bonchev–Trinajstić information content (AvgIpc) is 2.63. The van der Waals surface area contributed by atoms with Gasteiger partial charge in [0.15, 0.2) is 0 Å². The Kier molecular flexibility index (Phi) is 1.80. The zero-order valence-corrected chi connectivity index (χ0v) is 6.78. The Morgan fingerprint density at radius 1 is 1.22 bits per heavy atom. The van der Waals surface area contributed by atoms with Crippen LogP contribution in [0, 0.1) is 0 Å². The molecule has 1 heterocycles. The molecule has 0 saturated carbocycles. The molecule has 1 heteroatoms. The SMILES string of the molecule is CCN1CC1(CC)CC. The summed E-state index contributed by atoms with van der Waals surface area (Å²) >= 11 is 0. The first-order valence-electron chi connectivity index (χ1n) is 4.04. The van der Waals surface area contributed by atoms with E-state index in [1.54, 1.807) is 0 Å². The smallest absolute Gasteiger partial charge is 0.0332 e. The number of likely N-dealkylation sites (N-methyl/N-ethyl adjacent to an activating group) is 1. The normalized spacial score (nSPS) is 30.3. The minimum Gasteiger partial charge on any atom is -0.295 e. The third kappa shape index (κ3) is 0.983. The Labute approximate surface area is 58.0 Å². The Hall–Kier alpha value is -0.0400. The summed E-state index contributed by atoms with van der Waals surface area (Å²) in [5, 5.41) is 0. The van der Waals surface area contributed by atoms with Gasteiger partial charge in [-0.1, -0.05) is 20.8 Å². The predicted molar refractivity (Wildman–Crippen MR) is 40.6 cm³/mol. The molecule has 1 fully saturated rings. The Morgan fingerprint density at radius 3 is 1.89 bits per heavy atom. The van der Waals surface area contributed by atoms with Crippen molar-refractivity contribution in [2.45, 2.75) is 39.2 Å². The fourth-order valence-electron chi connectivity index (χ4n) is 1.69. The summed E-state index contributed by atoms with van der Waals surface area (Å²) in [5.74, 6) is 0. The maximum Gasteiger partial charge on any atom is 0.0332 e. The number of nitrogens with zero attached hydrogens (tertiary/aromatic N) is 1. The highest BCUT2D eigenvalue weighted by molar-refractivity contribution is 5.04. The van der Waals surface area contributed by atoms with Crippen molar-refractivity contribution in [1.29, 1.82) is 0 Å². The van der Waals surface area contributed by atoms with Gasteiger partial charge in [0, 0.05) is 12.1 Å². The summed E-state index contributed by atoms with van der Waals surface area (Å²) in [4.78, 5) is 2.55. The van der Waals surface area contributed by atoms with Crippen LogP contribution >= 0.6 is 0 Å². The number of hydrogen-bond acceptors (Lipinski definition) is 1. The maximum absolute atomic E-state index is 2.55. The molecule has 0 aromatic heterocycles. The van der Waals surface area contributed by atoms with Gasteiger partial charge in [-0.05, 0) is 19.4 Å². The highest BCUT2D eigenvalue weighted by Crippen LogP contribution is 2.37. The van der Waals surface area contributed by atoms with Crippen molar-refractivity contribution < 1.29 is 0 Å². The van der Waals surface area contributed by atoms with Crippen LogP contribution in [0.2, 0.25) is 0 Å². The predicted octanol–water partition coefficient (Wildman–Crippen LogP) is 1.88. The van der Waals surface area contributed by atoms with Crippen LogP contribution in [0.1, 0.15) is 33.6 Å². The third-order valence-corrected chi connectivity index (χ3v) is 2.75. The van der Waals surface area contributed by atoms with Gasteiger partial charge in [0.25, 0.3) is 0 Å². The molecule has 1 aliphatic heterocycles. The topological polar surface area (TPSA) is 3.01 Å². The first kappa shape index (κ1) is 7.07. The molecule has 0 bridgehead atoms. The van der Waals surface area contributed by atoms with Crippen LogP contribution in [0.15, 0.2) is 0 Å². The minimum absolute atomic E-state index is 0.634. The van der Waals surface area contributed by atoms with Gasteiger partial charge in [0.2, 0.25) is 0 Å². The van der Waals surface area contributed by atoms with Gasteiger partial charge in [-0.3, -0.25) is 4.90 Å². The van der Waals surface area contributed by atoms with Crippen molar-refractivity contribution in [3.63, 3.8) is 0 Å². The van der Waals surface area contributed by atoms with Crippen molar-refractivity contribution in [1.82, 2.24) is 4.90 Å². The van der Waals surface area contributed by atoms with Gasteiger partial charge >= 0.3 is 0 Å². The molecule has 0 amide bonds. The fraction of sp³-hybridized carbons (Fsp3) is 1.00. The molecule has 0 aromatic rings. The second-order valence-electron chi connectivity index (χ2n) is 2.95. The fourth-order valence-corrected chi connectivity index (χ4v) is 1.69. The van der Waals surface area contributed by atoms with E-state index in [4.69, 9.17) is 0 Å². The maximum atomic E-state index is 2.55. The summed E-state index contributed by atoms with van der Waals surface area (Å²) in [6.07, 6.45) is 2.66. The summed E-state index contributed by atoms with van der Waals surface area (Å²) in [6.45, 7) is 9.41. The summed E-state index contributed by atoms with van der Waals surface area (Å²) in [7, 11) is 0. The lowest BCUT2D eigenvalue weighted by Crippen LogP contribution is -2.15. The molecule has 0 radical (unpaired) electrons. The monoisotopic (exact) mass is 127 g/mol. The van der Waals surface area contributed by atoms with Gasteiger partial charge in [0.05, 0.1) is 0 Å². The number of rotatable bonds is 3. The zero-order chi connectivity index (χ0) is 6.91. The van der Waals surface area contributed by atoms with Crippen molar-refractivity contribution in [2.75, 3.05) is 13.1 Å². The van der Waals surface area contributed by atoms with E-state index in [2.05, 4.69) is 25.7 Å². The van der Waals surface area contributed by atoms with Gasteiger partial charge in [-0.25, -0.2) is 0 Å². The molecule has 1 aliphatic rings. The van der Waals surface area contributed by atoms with Crippen molar-refractivity contribution in [3.8, 4) is 0 Å². The van der Waals surface area contributed by atoms with Gasteiger partial charge < -0.3 is 0 Å². The van der Waals surface area contributed by atoms with Crippen molar-refractivity contribution >= 4 is 0 Å². The highest BCUT2D eigenvalue weighted by Gasteiger charge is 2.46. The van der Waals surface area contributed by atoms with Crippen LogP contribution in [0.25, 0.3) is 0 Å². The summed E-state index contributed by atoms with van der Waals surface area (Å²) in [6, 6.07) is 0. The molecule has 54 valence electrons. The van der Waals surface area contributed by atoms with Crippen LogP contribution in [0.3, 0.4) is 0 Å². The molecular formula is C8H17N. The van der Waals surface area contributed by atoms with E-state index in [1.165, 1.54) is 25.9 Å². The summed E-state index contributed by atoms with van der Waals surface area (Å²) in [5.41, 5.74) is 0.634. The summed E-state index contributed by atoms with van der Waals surface area (Å²) < 4.78 is 0. The Balaban J connectivity index is 2.37. The van der Waals surface area contributed by atoms with E-state index < -0.39 is 0 Å². The third-order valence-electron chi connectivity index (χ3n) is 2.75. The van der Waals surface area contributed by atoms with Gasteiger partial charge in [0.1, 0.15) is 0 Å². The van der Waals surface area contributed by atoms with E-state index in [1.807, 2.05) is 0 Å². The quantitative estimate of drug-likeness (QED) is 0.523. The molecular weight excluding hydrogens is 110 g/mol. The van der Waals surface area contributed by atoms with Gasteiger partial charge in [-0.2, -0.15) is 0 Å². The lowest BCUT2D eigenvalue weighted by molar-refractivity contribution is 0.398. The second kappa shape index (κ2) is 2.30. The highest BCUT2D eigenvalue weighted by atomic mass is 15.3. The van der Waals surface area contributed by atoms with Crippen molar-refractivity contribution in [2.24, 2.45) is 0 Å². The number of hydrogen-bond donors (Lipinski definition) is 0. The molecule has 1 atom stereocenters. The molecule has 1 nitrogen and oxygen atoms in total. The van der Waals surface area contributed by atoms with E-state index >= 15 is 0 Å². The van der Waals surface area contributed by atoms with E-state index in [-0.39, 0.29) is 0 Å². The molecule has 9 heavy (non-hydrogen) atoms. The van der Waals surface area contributed by atoms with E-state index in [0.717, 1.165) is 0 Å². The lowest BCUT2D eigenvalue weighted by Gasteiger charge is -2.10. The molecule has 0 spiro atoms. The first-order valence-corrected chi connectivity index (χ1v) is 4.04. The standard InChI is InChI=1S/C8H17N/c1-4-8(5-2)7-9(8)6-3/h4-7H2,1-3H3. The van der Waals surface area contributed by atoms with Crippen LogP contribution in [-0.4, -0.2) is 23.5 Å². The van der Waals surface area contributed by atoms with E-state index in [9.17, 15) is 0 Å². The first-order chi connectivity index (χ1) is 4.29. The Morgan fingerprint density at radius 2 is 1.78 bits per heavy atom. The lowest BCUT2D eigenvalue weighted by atomic mass is 10.0. The van der Waals surface area contributed by atoms with E-state index in [0.29, 0.717) is 5.54 Å². The molecule has 0 aromatic carbocycles. The molecule has 0 aliphatic carbocycles. The van der Waals surface area contributed by atoms with Crippen LogP contribution < -0.4 is 0 Å². The van der Waals surface area contributed by atoms with Crippen molar-refractivity contribution in [3.05, 3.63) is 0 Å². The molecule has 1 unspecified atom stereocenters. The van der Waals surface area contributed by atoms with Crippen LogP contribution in [0.5, 0.6) is 0 Å². The minimum atomic E-state index is 0.634. The molecule has 0 N–H and O–H groups in total. The molecule has 1 saturated heterocycles. The van der Waals surface area contributed by atoms with Crippen LogP contribution in [0.4, 0.5) is 0 Å².